The second-order valence-corrected chi connectivity index (χ2v) is 7.00. The second-order valence-electron chi connectivity index (χ2n) is 7.00. The minimum Gasteiger partial charge on any atom is -0.493 e. The Bertz CT molecular complexity index is 1190. The number of aromatic nitrogens is 2. The van der Waals surface area contributed by atoms with Crippen LogP contribution >= 0.6 is 0 Å². The number of aryl methyl sites for hydroxylation is 1. The van der Waals surface area contributed by atoms with E-state index in [4.69, 9.17) is 23.7 Å². The Kier molecular flexibility index (Phi) is 4.46. The van der Waals surface area contributed by atoms with Crippen molar-refractivity contribution in [2.75, 3.05) is 21.0 Å². The lowest BCUT2D eigenvalue weighted by atomic mass is 9.97. The molecule has 2 aliphatic heterocycles. The van der Waals surface area contributed by atoms with Crippen LogP contribution in [0.4, 0.5) is 0 Å². The average Bonchev–Trinajstić information content (AvgIpc) is 3.24. The van der Waals surface area contributed by atoms with Gasteiger partial charge in [-0.2, -0.15) is 4.98 Å². The minimum absolute atomic E-state index is 0.219. The molecule has 8 nitrogen and oxygen atoms in total. The summed E-state index contributed by atoms with van der Waals surface area (Å²) >= 11 is 0. The first kappa shape index (κ1) is 18.4. The molecule has 0 aliphatic carbocycles. The van der Waals surface area contributed by atoms with Crippen LogP contribution in [0.2, 0.25) is 0 Å². The van der Waals surface area contributed by atoms with Crippen LogP contribution in [0.15, 0.2) is 41.2 Å². The van der Waals surface area contributed by atoms with Crippen molar-refractivity contribution in [2.24, 2.45) is 0 Å². The van der Waals surface area contributed by atoms with Crippen LogP contribution in [0, 0.1) is 0 Å². The molecule has 0 N–H and O–H groups in total. The van der Waals surface area contributed by atoms with E-state index < -0.39 is 0 Å². The van der Waals surface area contributed by atoms with Crippen LogP contribution < -0.4 is 29.4 Å². The molecule has 0 spiro atoms. The Morgan fingerprint density at radius 2 is 1.83 bits per heavy atom. The Morgan fingerprint density at radius 1 is 1.03 bits per heavy atom. The molecule has 0 atom stereocenters. The lowest BCUT2D eigenvalue weighted by Gasteiger charge is -2.23. The van der Waals surface area contributed by atoms with Gasteiger partial charge in [-0.05, 0) is 41.8 Å². The predicted octanol–water partition coefficient (Wildman–Crippen LogP) is 2.79. The zero-order valence-corrected chi connectivity index (χ0v) is 16.6. The summed E-state index contributed by atoms with van der Waals surface area (Å²) in [7, 11) is 3.20. The van der Waals surface area contributed by atoms with Crippen molar-refractivity contribution in [2.45, 2.75) is 19.6 Å². The van der Waals surface area contributed by atoms with Crippen LogP contribution in [0.3, 0.4) is 0 Å². The molecular formula is C22H20N2O6. The molecule has 3 aromatic rings. The summed E-state index contributed by atoms with van der Waals surface area (Å²) in [6.45, 7) is 1.02. The highest BCUT2D eigenvalue weighted by Crippen LogP contribution is 2.38. The lowest BCUT2D eigenvalue weighted by molar-refractivity contribution is 0.174. The van der Waals surface area contributed by atoms with Crippen LogP contribution in [-0.4, -0.2) is 30.6 Å². The van der Waals surface area contributed by atoms with Gasteiger partial charge in [0.25, 0.3) is 0 Å². The molecule has 30 heavy (non-hydrogen) atoms. The topological polar surface area (TPSA) is 81.0 Å². The first-order valence-corrected chi connectivity index (χ1v) is 9.55. The Morgan fingerprint density at radius 3 is 2.67 bits per heavy atom. The molecule has 0 saturated heterocycles. The highest BCUT2D eigenvalue weighted by molar-refractivity contribution is 5.70. The van der Waals surface area contributed by atoms with Gasteiger partial charge in [-0.15, -0.1) is 0 Å². The van der Waals surface area contributed by atoms with E-state index in [0.717, 1.165) is 22.4 Å². The van der Waals surface area contributed by atoms with Crippen molar-refractivity contribution < 1.29 is 23.7 Å². The SMILES string of the molecule is COc1cc2c(cc1OC)-c1cc(OCc3ccc4c(c3)OCO4)nc(=O)n1CC2. The monoisotopic (exact) mass is 408 g/mol. The molecule has 3 heterocycles. The van der Waals surface area contributed by atoms with E-state index >= 15 is 0 Å². The quantitative estimate of drug-likeness (QED) is 0.642. The first-order chi connectivity index (χ1) is 14.7. The summed E-state index contributed by atoms with van der Waals surface area (Å²) in [6.07, 6.45) is 0.710. The summed E-state index contributed by atoms with van der Waals surface area (Å²) in [5, 5.41) is 0. The fraction of sp³-hybridized carbons (Fsp3) is 0.273. The van der Waals surface area contributed by atoms with Gasteiger partial charge >= 0.3 is 5.69 Å². The van der Waals surface area contributed by atoms with E-state index in [1.807, 2.05) is 30.3 Å². The molecule has 0 fully saturated rings. The van der Waals surface area contributed by atoms with Crippen molar-refractivity contribution in [1.82, 2.24) is 9.55 Å². The second kappa shape index (κ2) is 7.29. The maximum absolute atomic E-state index is 12.6. The minimum atomic E-state index is -0.339. The fourth-order valence-corrected chi connectivity index (χ4v) is 3.78. The number of nitrogens with zero attached hydrogens (tertiary/aromatic N) is 2. The average molecular weight is 408 g/mol. The Labute approximate surface area is 172 Å². The maximum atomic E-state index is 12.6. The third-order valence-corrected chi connectivity index (χ3v) is 5.30. The van der Waals surface area contributed by atoms with E-state index in [1.54, 1.807) is 24.9 Å². The molecular weight excluding hydrogens is 388 g/mol. The number of ether oxygens (including phenoxy) is 5. The molecule has 5 rings (SSSR count). The van der Waals surface area contributed by atoms with E-state index in [9.17, 15) is 4.79 Å². The zero-order valence-electron chi connectivity index (χ0n) is 16.6. The largest absolute Gasteiger partial charge is 0.493 e. The number of hydrogen-bond donors (Lipinski definition) is 0. The molecule has 154 valence electrons. The van der Waals surface area contributed by atoms with Gasteiger partial charge < -0.3 is 23.7 Å². The number of benzene rings is 2. The molecule has 0 bridgehead atoms. The van der Waals surface area contributed by atoms with Crippen molar-refractivity contribution in [3.05, 3.63) is 58.0 Å². The number of rotatable bonds is 5. The Hall–Kier alpha value is -3.68. The molecule has 2 aliphatic rings. The molecule has 0 saturated carbocycles. The highest BCUT2D eigenvalue weighted by Gasteiger charge is 2.22. The van der Waals surface area contributed by atoms with Gasteiger partial charge in [-0.3, -0.25) is 4.57 Å². The van der Waals surface area contributed by atoms with Crippen molar-refractivity contribution in [1.29, 1.82) is 0 Å². The third kappa shape index (κ3) is 3.10. The smallest absolute Gasteiger partial charge is 0.351 e. The van der Waals surface area contributed by atoms with Gasteiger partial charge in [0, 0.05) is 18.2 Å². The van der Waals surface area contributed by atoms with E-state index in [1.165, 1.54) is 0 Å². The van der Waals surface area contributed by atoms with Gasteiger partial charge in [0.1, 0.15) is 6.61 Å². The summed E-state index contributed by atoms with van der Waals surface area (Å²) < 4.78 is 29.1. The van der Waals surface area contributed by atoms with E-state index in [-0.39, 0.29) is 25.0 Å². The van der Waals surface area contributed by atoms with Crippen molar-refractivity contribution in [3.63, 3.8) is 0 Å². The first-order valence-electron chi connectivity index (χ1n) is 9.55. The fourth-order valence-electron chi connectivity index (χ4n) is 3.78. The van der Waals surface area contributed by atoms with Gasteiger partial charge in [-0.1, -0.05) is 6.07 Å². The van der Waals surface area contributed by atoms with Crippen LogP contribution in [0.25, 0.3) is 11.3 Å². The predicted molar refractivity (Wildman–Crippen MR) is 108 cm³/mol. The molecule has 0 unspecified atom stereocenters. The number of methoxy groups -OCH3 is 2. The van der Waals surface area contributed by atoms with E-state index in [2.05, 4.69) is 4.98 Å². The van der Waals surface area contributed by atoms with Crippen molar-refractivity contribution >= 4 is 0 Å². The number of fused-ring (bicyclic) bond motifs is 4. The summed E-state index contributed by atoms with van der Waals surface area (Å²) in [4.78, 5) is 16.7. The van der Waals surface area contributed by atoms with Gasteiger partial charge in [0.05, 0.1) is 19.9 Å². The van der Waals surface area contributed by atoms with Crippen LogP contribution in [-0.2, 0) is 19.6 Å². The van der Waals surface area contributed by atoms with Gasteiger partial charge in [0.15, 0.2) is 23.0 Å². The summed E-state index contributed by atoms with van der Waals surface area (Å²) in [5.41, 5.74) is 3.29. The maximum Gasteiger partial charge on any atom is 0.351 e. The van der Waals surface area contributed by atoms with Crippen LogP contribution in [0.1, 0.15) is 11.1 Å². The standard InChI is InChI=1S/C22H20N2O6/c1-26-18-8-14-5-6-24-16(15(14)9-19(18)27-2)10-21(23-22(24)25)28-11-13-3-4-17-20(7-13)30-12-29-17/h3-4,7-10H,5-6,11-12H2,1-2H3. The Balaban J connectivity index is 1.47. The molecule has 1 aromatic heterocycles. The number of hydrogen-bond acceptors (Lipinski definition) is 7. The molecule has 8 heteroatoms. The normalized spacial score (nSPS) is 13.4. The molecule has 2 aromatic carbocycles. The molecule has 0 radical (unpaired) electrons. The van der Waals surface area contributed by atoms with Gasteiger partial charge in [-0.25, -0.2) is 4.79 Å². The summed E-state index contributed by atoms with van der Waals surface area (Å²) in [6, 6.07) is 11.2. The zero-order chi connectivity index (χ0) is 20.7. The van der Waals surface area contributed by atoms with E-state index in [0.29, 0.717) is 36.0 Å². The molecule has 0 amide bonds. The highest BCUT2D eigenvalue weighted by atomic mass is 16.7. The van der Waals surface area contributed by atoms with Gasteiger partial charge in [0.2, 0.25) is 12.7 Å². The lowest BCUT2D eigenvalue weighted by Crippen LogP contribution is -2.28. The van der Waals surface area contributed by atoms with Crippen LogP contribution in [0.5, 0.6) is 28.9 Å². The third-order valence-electron chi connectivity index (χ3n) is 5.30. The summed E-state index contributed by atoms with van der Waals surface area (Å²) in [5.74, 6) is 2.94. The van der Waals surface area contributed by atoms with Crippen molar-refractivity contribution in [3.8, 4) is 40.1 Å².